The number of hydrogen-bond donors (Lipinski definition) is 0. The van der Waals surface area contributed by atoms with Gasteiger partial charge >= 0.3 is 0 Å². The summed E-state index contributed by atoms with van der Waals surface area (Å²) < 4.78 is 2.08. The minimum atomic E-state index is 0.686. The number of nitrogens with zero attached hydrogens (tertiary/aromatic N) is 5. The predicted octanol–water partition coefficient (Wildman–Crippen LogP) is 2.24. The Hall–Kier alpha value is -1.75. The Balaban J connectivity index is 1.52. The number of aryl methyl sites for hydroxylation is 2. The van der Waals surface area contributed by atoms with Crippen molar-refractivity contribution in [3.8, 4) is 0 Å². The van der Waals surface area contributed by atoms with Crippen LogP contribution in [0.15, 0.2) is 24.5 Å². The number of hydrogen-bond acceptors (Lipinski definition) is 4. The molecule has 22 heavy (non-hydrogen) atoms. The van der Waals surface area contributed by atoms with Gasteiger partial charge in [0, 0.05) is 32.0 Å². The van der Waals surface area contributed by atoms with Crippen LogP contribution in [0, 0.1) is 19.8 Å². The van der Waals surface area contributed by atoms with Gasteiger partial charge in [0.1, 0.15) is 11.6 Å². The topological polar surface area (TPSA) is 46.8 Å². The highest BCUT2D eigenvalue weighted by atomic mass is 15.3. The smallest absolute Gasteiger partial charge is 0.147 e. The highest BCUT2D eigenvalue weighted by molar-refractivity contribution is 5.09. The van der Waals surface area contributed by atoms with Gasteiger partial charge < -0.3 is 4.90 Å². The van der Waals surface area contributed by atoms with E-state index in [4.69, 9.17) is 0 Å². The molecule has 118 valence electrons. The molecular formula is C17H25N5. The Morgan fingerprint density at radius 3 is 2.77 bits per heavy atom. The zero-order chi connectivity index (χ0) is 15.4. The molecule has 0 unspecified atom stereocenters. The highest BCUT2D eigenvalue weighted by Gasteiger charge is 2.21. The van der Waals surface area contributed by atoms with Crippen molar-refractivity contribution in [2.24, 2.45) is 5.92 Å². The van der Waals surface area contributed by atoms with E-state index in [1.165, 1.54) is 31.5 Å². The number of piperidine rings is 1. The van der Waals surface area contributed by atoms with Crippen LogP contribution >= 0.6 is 0 Å². The molecule has 5 nitrogen and oxygen atoms in total. The Bertz CT molecular complexity index is 592. The molecule has 1 aliphatic heterocycles. The molecule has 1 fully saturated rings. The van der Waals surface area contributed by atoms with E-state index < -0.39 is 0 Å². The standard InChI is InChI=1S/C17H25N5/c1-14-19-15(2)22(20-14)13-17-4-3-10-21(12-17)11-7-16-5-8-18-9-6-16/h5-6,8-9,17H,3-4,7,10-13H2,1-2H3/t17-/m0/s1. The molecule has 3 rings (SSSR count). The lowest BCUT2D eigenvalue weighted by Gasteiger charge is -2.32. The van der Waals surface area contributed by atoms with Crippen molar-refractivity contribution in [3.63, 3.8) is 0 Å². The third-order valence-corrected chi connectivity index (χ3v) is 4.46. The van der Waals surface area contributed by atoms with Crippen molar-refractivity contribution in [1.29, 1.82) is 0 Å². The average molecular weight is 299 g/mol. The summed E-state index contributed by atoms with van der Waals surface area (Å²) in [4.78, 5) is 11.1. The fourth-order valence-electron chi connectivity index (χ4n) is 3.32. The van der Waals surface area contributed by atoms with Crippen LogP contribution in [0.3, 0.4) is 0 Å². The third-order valence-electron chi connectivity index (χ3n) is 4.46. The zero-order valence-electron chi connectivity index (χ0n) is 13.6. The molecule has 0 saturated carbocycles. The maximum Gasteiger partial charge on any atom is 0.147 e. The van der Waals surface area contributed by atoms with Crippen molar-refractivity contribution in [3.05, 3.63) is 41.7 Å². The van der Waals surface area contributed by atoms with E-state index in [2.05, 4.69) is 36.8 Å². The van der Waals surface area contributed by atoms with Crippen LogP contribution in [0.1, 0.15) is 30.1 Å². The summed E-state index contributed by atoms with van der Waals surface area (Å²) in [5.41, 5.74) is 1.37. The van der Waals surface area contributed by atoms with Gasteiger partial charge in [-0.2, -0.15) is 5.10 Å². The Kier molecular flexibility index (Phi) is 4.83. The first-order chi connectivity index (χ1) is 10.7. The minimum absolute atomic E-state index is 0.686. The Morgan fingerprint density at radius 1 is 1.23 bits per heavy atom. The molecule has 0 spiro atoms. The van der Waals surface area contributed by atoms with Crippen LogP contribution in [0.4, 0.5) is 0 Å². The fourth-order valence-corrected chi connectivity index (χ4v) is 3.32. The summed E-state index contributed by atoms with van der Waals surface area (Å²) >= 11 is 0. The number of aromatic nitrogens is 4. The van der Waals surface area contributed by atoms with E-state index >= 15 is 0 Å². The lowest BCUT2D eigenvalue weighted by Crippen LogP contribution is -2.38. The number of likely N-dealkylation sites (tertiary alicyclic amines) is 1. The molecule has 3 heterocycles. The molecule has 0 amide bonds. The van der Waals surface area contributed by atoms with E-state index in [9.17, 15) is 0 Å². The van der Waals surface area contributed by atoms with Gasteiger partial charge in [0.2, 0.25) is 0 Å². The summed E-state index contributed by atoms with van der Waals surface area (Å²) in [6.45, 7) is 8.53. The van der Waals surface area contributed by atoms with Crippen LogP contribution in [0.2, 0.25) is 0 Å². The van der Waals surface area contributed by atoms with Gasteiger partial charge in [0.15, 0.2) is 0 Å². The molecule has 0 aliphatic carbocycles. The lowest BCUT2D eigenvalue weighted by atomic mass is 9.97. The predicted molar refractivity (Wildman–Crippen MR) is 86.6 cm³/mol. The first-order valence-electron chi connectivity index (χ1n) is 8.20. The molecule has 1 saturated heterocycles. The second kappa shape index (κ2) is 7.01. The van der Waals surface area contributed by atoms with Crippen molar-refractivity contribution < 1.29 is 0 Å². The second-order valence-electron chi connectivity index (χ2n) is 6.30. The van der Waals surface area contributed by atoms with Crippen LogP contribution < -0.4 is 0 Å². The molecule has 0 aromatic carbocycles. The number of pyridine rings is 1. The van der Waals surface area contributed by atoms with Crippen LogP contribution in [0.25, 0.3) is 0 Å². The summed E-state index contributed by atoms with van der Waals surface area (Å²) in [5.74, 6) is 2.60. The van der Waals surface area contributed by atoms with Gasteiger partial charge in [-0.05, 0) is 63.3 Å². The van der Waals surface area contributed by atoms with E-state index in [1.807, 2.05) is 26.2 Å². The van der Waals surface area contributed by atoms with Crippen molar-refractivity contribution >= 4 is 0 Å². The summed E-state index contributed by atoms with van der Waals surface area (Å²) in [7, 11) is 0. The van der Waals surface area contributed by atoms with E-state index in [0.717, 1.165) is 31.2 Å². The van der Waals surface area contributed by atoms with E-state index in [1.54, 1.807) is 0 Å². The van der Waals surface area contributed by atoms with Crippen LogP contribution in [0.5, 0.6) is 0 Å². The fraction of sp³-hybridized carbons (Fsp3) is 0.588. The highest BCUT2D eigenvalue weighted by Crippen LogP contribution is 2.19. The molecular weight excluding hydrogens is 274 g/mol. The van der Waals surface area contributed by atoms with Gasteiger partial charge in [0.25, 0.3) is 0 Å². The van der Waals surface area contributed by atoms with Crippen molar-refractivity contribution in [2.45, 2.75) is 39.7 Å². The van der Waals surface area contributed by atoms with Crippen molar-refractivity contribution in [1.82, 2.24) is 24.6 Å². The van der Waals surface area contributed by atoms with Gasteiger partial charge in [-0.15, -0.1) is 0 Å². The first kappa shape index (κ1) is 15.2. The molecule has 0 N–H and O–H groups in total. The monoisotopic (exact) mass is 299 g/mol. The van der Waals surface area contributed by atoms with E-state index in [-0.39, 0.29) is 0 Å². The largest absolute Gasteiger partial charge is 0.303 e. The second-order valence-corrected chi connectivity index (χ2v) is 6.30. The Labute approximate surface area is 132 Å². The maximum absolute atomic E-state index is 4.50. The summed E-state index contributed by atoms with van der Waals surface area (Å²) in [5, 5.41) is 4.50. The third kappa shape index (κ3) is 3.91. The SMILES string of the molecule is Cc1nc(C)n(C[C@H]2CCCN(CCc3ccncc3)C2)n1. The maximum atomic E-state index is 4.50. The normalized spacial score (nSPS) is 19.5. The minimum Gasteiger partial charge on any atom is -0.303 e. The van der Waals surface area contributed by atoms with Gasteiger partial charge in [-0.25, -0.2) is 9.67 Å². The molecule has 2 aromatic rings. The molecule has 0 bridgehead atoms. The first-order valence-corrected chi connectivity index (χ1v) is 8.20. The summed E-state index contributed by atoms with van der Waals surface area (Å²) in [6, 6.07) is 4.23. The average Bonchev–Trinajstić information content (AvgIpc) is 2.84. The Morgan fingerprint density at radius 2 is 2.05 bits per heavy atom. The lowest BCUT2D eigenvalue weighted by molar-refractivity contribution is 0.161. The van der Waals surface area contributed by atoms with Gasteiger partial charge in [-0.3, -0.25) is 4.98 Å². The van der Waals surface area contributed by atoms with Gasteiger partial charge in [-0.1, -0.05) is 0 Å². The van der Waals surface area contributed by atoms with Crippen molar-refractivity contribution in [2.75, 3.05) is 19.6 Å². The molecule has 1 atom stereocenters. The quantitative estimate of drug-likeness (QED) is 0.849. The number of rotatable bonds is 5. The van der Waals surface area contributed by atoms with E-state index in [0.29, 0.717) is 5.92 Å². The molecule has 0 radical (unpaired) electrons. The molecule has 5 heteroatoms. The van der Waals surface area contributed by atoms with Crippen LogP contribution in [-0.2, 0) is 13.0 Å². The summed E-state index contributed by atoms with van der Waals surface area (Å²) in [6.07, 6.45) is 7.45. The molecule has 2 aromatic heterocycles. The van der Waals surface area contributed by atoms with Gasteiger partial charge in [0.05, 0.1) is 0 Å². The van der Waals surface area contributed by atoms with Crippen LogP contribution in [-0.4, -0.2) is 44.3 Å². The zero-order valence-corrected chi connectivity index (χ0v) is 13.6. The molecule has 1 aliphatic rings.